The Morgan fingerprint density at radius 2 is 1.54 bits per heavy atom. The van der Waals surface area contributed by atoms with E-state index < -0.39 is 12.2 Å². The number of rotatable bonds is 5. The Kier molecular flexibility index (Phi) is 5.42. The molecule has 0 fully saturated rings. The average Bonchev–Trinajstić information content (AvgIpc) is 2.04. The summed E-state index contributed by atoms with van der Waals surface area (Å²) in [5, 5.41) is 21.0. The van der Waals surface area contributed by atoms with Crippen LogP contribution < -0.4 is 10.6 Å². The van der Waals surface area contributed by atoms with E-state index >= 15 is 0 Å². The molecule has 0 aliphatic rings. The second kappa shape index (κ2) is 6.10. The maximum absolute atomic E-state index is 10.1. The molecular weight excluding hydrogens is 176 g/mol. The molecule has 0 heterocycles. The molecule has 0 saturated heterocycles. The molecule has 0 rings (SSSR count). The number of nitrogens with one attached hydrogen (secondary N) is 2. The van der Waals surface area contributed by atoms with Gasteiger partial charge in [0.05, 0.1) is 0 Å². The van der Waals surface area contributed by atoms with Crippen molar-refractivity contribution in [3.05, 3.63) is 0 Å². The fraction of sp³-hybridized carbons (Fsp3) is 0.714. The SMILES string of the molecule is CCC(CNC(=O)O)CNC(=O)O. The molecule has 13 heavy (non-hydrogen) atoms. The maximum atomic E-state index is 10.1. The molecule has 0 aliphatic heterocycles. The summed E-state index contributed by atoms with van der Waals surface area (Å²) in [7, 11) is 0. The largest absolute Gasteiger partial charge is 0.465 e. The van der Waals surface area contributed by atoms with Crippen molar-refractivity contribution in [3.8, 4) is 0 Å². The van der Waals surface area contributed by atoms with Gasteiger partial charge < -0.3 is 20.8 Å². The first kappa shape index (κ1) is 11.5. The van der Waals surface area contributed by atoms with Gasteiger partial charge in [-0.15, -0.1) is 0 Å². The van der Waals surface area contributed by atoms with E-state index in [-0.39, 0.29) is 19.0 Å². The van der Waals surface area contributed by atoms with Crippen LogP contribution in [0.1, 0.15) is 13.3 Å². The molecule has 0 radical (unpaired) electrons. The summed E-state index contributed by atoms with van der Waals surface area (Å²) in [6.45, 7) is 2.41. The molecule has 0 spiro atoms. The normalized spacial score (nSPS) is 9.69. The van der Waals surface area contributed by atoms with E-state index in [1.54, 1.807) is 0 Å². The Morgan fingerprint density at radius 1 is 1.15 bits per heavy atom. The van der Waals surface area contributed by atoms with Crippen molar-refractivity contribution in [3.63, 3.8) is 0 Å². The van der Waals surface area contributed by atoms with Crippen molar-refractivity contribution >= 4 is 12.2 Å². The van der Waals surface area contributed by atoms with Crippen molar-refractivity contribution in [2.45, 2.75) is 13.3 Å². The van der Waals surface area contributed by atoms with Gasteiger partial charge in [0.1, 0.15) is 0 Å². The van der Waals surface area contributed by atoms with E-state index in [9.17, 15) is 9.59 Å². The summed E-state index contributed by atoms with van der Waals surface area (Å²) in [5.41, 5.74) is 0. The lowest BCUT2D eigenvalue weighted by Crippen LogP contribution is -2.35. The number of amides is 2. The van der Waals surface area contributed by atoms with Gasteiger partial charge in [0.2, 0.25) is 0 Å². The first-order valence-corrected chi connectivity index (χ1v) is 3.99. The van der Waals surface area contributed by atoms with Crippen LogP contribution in [0, 0.1) is 5.92 Å². The highest BCUT2D eigenvalue weighted by atomic mass is 16.4. The highest BCUT2D eigenvalue weighted by Crippen LogP contribution is 1.98. The third-order valence-electron chi connectivity index (χ3n) is 1.66. The summed E-state index contributed by atoms with van der Waals surface area (Å²) in [6.07, 6.45) is -1.46. The van der Waals surface area contributed by atoms with Crippen LogP contribution in [0.4, 0.5) is 9.59 Å². The minimum absolute atomic E-state index is 0.00667. The van der Waals surface area contributed by atoms with Gasteiger partial charge in [0, 0.05) is 13.1 Å². The summed E-state index contributed by atoms with van der Waals surface area (Å²) < 4.78 is 0. The summed E-state index contributed by atoms with van der Waals surface area (Å²) in [4.78, 5) is 20.2. The topological polar surface area (TPSA) is 98.7 Å². The summed E-state index contributed by atoms with van der Waals surface area (Å²) >= 11 is 0. The molecule has 0 bridgehead atoms. The van der Waals surface area contributed by atoms with Crippen LogP contribution in [0.3, 0.4) is 0 Å². The van der Waals surface area contributed by atoms with E-state index in [1.807, 2.05) is 6.92 Å². The molecule has 0 aromatic rings. The molecule has 0 unspecified atom stereocenters. The number of carboxylic acid groups (broad SMARTS) is 2. The Morgan fingerprint density at radius 3 is 1.77 bits per heavy atom. The number of carbonyl (C=O) groups is 2. The molecule has 4 N–H and O–H groups in total. The minimum Gasteiger partial charge on any atom is -0.465 e. The zero-order chi connectivity index (χ0) is 10.3. The van der Waals surface area contributed by atoms with Gasteiger partial charge in [-0.05, 0) is 12.3 Å². The van der Waals surface area contributed by atoms with E-state index in [1.165, 1.54) is 0 Å². The molecule has 6 heteroatoms. The Bertz CT molecular complexity index is 165. The van der Waals surface area contributed by atoms with Crippen molar-refractivity contribution in [2.24, 2.45) is 5.92 Å². The third-order valence-corrected chi connectivity index (χ3v) is 1.66. The van der Waals surface area contributed by atoms with Crippen LogP contribution in [0.5, 0.6) is 0 Å². The van der Waals surface area contributed by atoms with Gasteiger partial charge in [-0.25, -0.2) is 9.59 Å². The van der Waals surface area contributed by atoms with E-state index in [2.05, 4.69) is 10.6 Å². The second-order valence-electron chi connectivity index (χ2n) is 2.65. The standard InChI is InChI=1S/C7H14N2O4/c1-2-5(3-8-6(10)11)4-9-7(12)13/h5,8-9H,2-4H2,1H3,(H,10,11)(H,12,13). The molecule has 6 nitrogen and oxygen atoms in total. The molecule has 0 aliphatic carbocycles. The average molecular weight is 190 g/mol. The van der Waals surface area contributed by atoms with Crippen molar-refractivity contribution in [1.29, 1.82) is 0 Å². The highest BCUT2D eigenvalue weighted by molar-refractivity contribution is 5.65. The predicted octanol–water partition coefficient (Wildman–Crippen LogP) is 0.548. The molecule has 0 atom stereocenters. The van der Waals surface area contributed by atoms with Gasteiger partial charge in [-0.1, -0.05) is 6.92 Å². The third kappa shape index (κ3) is 6.92. The fourth-order valence-corrected chi connectivity index (χ4v) is 0.824. The van der Waals surface area contributed by atoms with E-state index in [4.69, 9.17) is 10.2 Å². The van der Waals surface area contributed by atoms with Gasteiger partial charge in [0.25, 0.3) is 0 Å². The molecule has 0 aromatic carbocycles. The van der Waals surface area contributed by atoms with Crippen molar-refractivity contribution < 1.29 is 19.8 Å². The Balaban J connectivity index is 3.63. The van der Waals surface area contributed by atoms with Crippen LogP contribution >= 0.6 is 0 Å². The van der Waals surface area contributed by atoms with Crippen molar-refractivity contribution in [2.75, 3.05) is 13.1 Å². The lowest BCUT2D eigenvalue weighted by molar-refractivity contribution is 0.189. The number of hydrogen-bond acceptors (Lipinski definition) is 2. The second-order valence-corrected chi connectivity index (χ2v) is 2.65. The zero-order valence-corrected chi connectivity index (χ0v) is 7.41. The Labute approximate surface area is 75.9 Å². The first-order chi connectivity index (χ1) is 6.06. The van der Waals surface area contributed by atoms with Crippen LogP contribution in [-0.4, -0.2) is 35.5 Å². The fourth-order valence-electron chi connectivity index (χ4n) is 0.824. The highest BCUT2D eigenvalue weighted by Gasteiger charge is 2.08. The van der Waals surface area contributed by atoms with E-state index in [0.29, 0.717) is 0 Å². The predicted molar refractivity (Wildman–Crippen MR) is 45.8 cm³/mol. The maximum Gasteiger partial charge on any atom is 0.404 e. The molecule has 0 saturated carbocycles. The Hall–Kier alpha value is -1.46. The number of hydrogen-bond donors (Lipinski definition) is 4. The van der Waals surface area contributed by atoms with Crippen LogP contribution in [-0.2, 0) is 0 Å². The molecular formula is C7H14N2O4. The quantitative estimate of drug-likeness (QED) is 0.508. The van der Waals surface area contributed by atoms with Gasteiger partial charge in [-0.3, -0.25) is 0 Å². The van der Waals surface area contributed by atoms with Crippen LogP contribution in [0.25, 0.3) is 0 Å². The summed E-state index contributed by atoms with van der Waals surface area (Å²) in [5.74, 6) is 0.00667. The van der Waals surface area contributed by atoms with Gasteiger partial charge in [0.15, 0.2) is 0 Å². The lowest BCUT2D eigenvalue weighted by Gasteiger charge is -2.13. The van der Waals surface area contributed by atoms with Gasteiger partial charge >= 0.3 is 12.2 Å². The van der Waals surface area contributed by atoms with E-state index in [0.717, 1.165) is 6.42 Å². The van der Waals surface area contributed by atoms with Crippen LogP contribution in [0.15, 0.2) is 0 Å². The summed E-state index contributed by atoms with van der Waals surface area (Å²) in [6, 6.07) is 0. The molecule has 76 valence electrons. The molecule has 0 aromatic heterocycles. The lowest BCUT2D eigenvalue weighted by atomic mass is 10.1. The molecule has 2 amide bonds. The first-order valence-electron chi connectivity index (χ1n) is 3.99. The smallest absolute Gasteiger partial charge is 0.404 e. The van der Waals surface area contributed by atoms with Crippen LogP contribution in [0.2, 0.25) is 0 Å². The monoisotopic (exact) mass is 190 g/mol. The minimum atomic E-state index is -1.09. The zero-order valence-electron chi connectivity index (χ0n) is 7.41. The van der Waals surface area contributed by atoms with Gasteiger partial charge in [-0.2, -0.15) is 0 Å². The van der Waals surface area contributed by atoms with Crippen molar-refractivity contribution in [1.82, 2.24) is 10.6 Å².